The first-order valence-corrected chi connectivity index (χ1v) is 15.3. The Morgan fingerprint density at radius 1 is 0.936 bits per heavy atom. The fourth-order valence-corrected chi connectivity index (χ4v) is 6.40. The molecule has 2 heterocycles. The lowest BCUT2D eigenvalue weighted by molar-refractivity contribution is -0.149. The van der Waals surface area contributed by atoms with Gasteiger partial charge in [0.2, 0.25) is 0 Å². The van der Waals surface area contributed by atoms with Crippen molar-refractivity contribution in [3.8, 4) is 11.1 Å². The number of aromatic nitrogens is 1. The highest BCUT2D eigenvalue weighted by Gasteiger charge is 2.43. The van der Waals surface area contributed by atoms with E-state index in [1.54, 1.807) is 19.1 Å². The van der Waals surface area contributed by atoms with Gasteiger partial charge in [0, 0.05) is 11.1 Å². The Hall–Kier alpha value is -3.87. The monoisotopic (exact) mass is 686 g/mol. The summed E-state index contributed by atoms with van der Waals surface area (Å²) in [6.45, 7) is 3.14. The highest BCUT2D eigenvalue weighted by atomic mass is 35.5. The molecule has 0 N–H and O–H groups in total. The van der Waals surface area contributed by atoms with E-state index in [1.165, 1.54) is 25.1 Å². The maximum Gasteiger partial charge on any atom is 0.416 e. The predicted octanol–water partition coefficient (Wildman–Crippen LogP) is 9.50. The maximum absolute atomic E-state index is 15.4. The second kappa shape index (κ2) is 13.3. The van der Waals surface area contributed by atoms with Crippen LogP contribution in [0.15, 0.2) is 48.5 Å². The van der Waals surface area contributed by atoms with Crippen molar-refractivity contribution in [3.05, 3.63) is 87.4 Å². The molecule has 1 aliphatic heterocycles. The lowest BCUT2D eigenvalue weighted by Gasteiger charge is -2.28. The largest absolute Gasteiger partial charge is 0.466 e. The van der Waals surface area contributed by atoms with E-state index in [0.717, 1.165) is 10.5 Å². The van der Waals surface area contributed by atoms with Crippen molar-refractivity contribution in [1.29, 1.82) is 0 Å². The third kappa shape index (κ3) is 7.50. The van der Waals surface area contributed by atoms with Gasteiger partial charge in [0.25, 0.3) is 0 Å². The number of cyclic esters (lactones) is 1. The molecule has 2 aliphatic rings. The number of carbonyl (C=O) groups is 2. The summed E-state index contributed by atoms with van der Waals surface area (Å²) in [7, 11) is 0. The van der Waals surface area contributed by atoms with Crippen molar-refractivity contribution in [2.45, 2.75) is 76.5 Å². The zero-order valence-electron chi connectivity index (χ0n) is 25.2. The molecule has 1 aliphatic carbocycles. The second-order valence-electron chi connectivity index (χ2n) is 11.7. The Bertz CT molecular complexity index is 1620. The van der Waals surface area contributed by atoms with Crippen LogP contribution in [-0.4, -0.2) is 34.6 Å². The zero-order valence-corrected chi connectivity index (χ0v) is 26.0. The van der Waals surface area contributed by atoms with Gasteiger partial charge in [0.15, 0.2) is 0 Å². The van der Waals surface area contributed by atoms with Crippen molar-refractivity contribution in [2.75, 3.05) is 6.61 Å². The number of ether oxygens (including phenoxy) is 2. The molecule has 1 saturated heterocycles. The molecule has 47 heavy (non-hydrogen) atoms. The number of carbonyl (C=O) groups excluding carboxylic acids is 2. The molecule has 6 nitrogen and oxygen atoms in total. The van der Waals surface area contributed by atoms with Crippen molar-refractivity contribution in [1.82, 2.24) is 9.88 Å². The van der Waals surface area contributed by atoms with Gasteiger partial charge in [-0.15, -0.1) is 0 Å². The summed E-state index contributed by atoms with van der Waals surface area (Å²) in [6.07, 6.45) is -10.0. The quantitative estimate of drug-likeness (QED) is 0.141. The van der Waals surface area contributed by atoms with E-state index in [2.05, 4.69) is 4.98 Å². The fourth-order valence-electron chi connectivity index (χ4n) is 6.23. The number of esters is 1. The summed E-state index contributed by atoms with van der Waals surface area (Å²) in [6, 6.07) is 7.64. The number of amides is 1. The Morgan fingerprint density at radius 2 is 1.57 bits per heavy atom. The van der Waals surface area contributed by atoms with Crippen LogP contribution in [0.4, 0.5) is 35.5 Å². The van der Waals surface area contributed by atoms with Gasteiger partial charge < -0.3 is 9.47 Å². The lowest BCUT2D eigenvalue weighted by atomic mass is 9.78. The van der Waals surface area contributed by atoms with Crippen LogP contribution >= 0.6 is 11.6 Å². The van der Waals surface area contributed by atoms with Crippen LogP contribution in [0, 0.1) is 11.7 Å². The van der Waals surface area contributed by atoms with Crippen LogP contribution in [0.1, 0.15) is 79.5 Å². The molecule has 0 bridgehead atoms. The molecule has 1 saturated carbocycles. The summed E-state index contributed by atoms with van der Waals surface area (Å²) >= 11 is 6.17. The minimum Gasteiger partial charge on any atom is -0.466 e. The number of halogens is 8. The van der Waals surface area contributed by atoms with E-state index in [9.17, 15) is 35.9 Å². The second-order valence-corrected chi connectivity index (χ2v) is 12.1. The molecule has 0 radical (unpaired) electrons. The van der Waals surface area contributed by atoms with E-state index >= 15 is 4.39 Å². The summed E-state index contributed by atoms with van der Waals surface area (Å²) in [5.74, 6) is -0.960. The number of alkyl halides is 6. The van der Waals surface area contributed by atoms with Gasteiger partial charge in [-0.3, -0.25) is 9.69 Å². The summed E-state index contributed by atoms with van der Waals surface area (Å²) in [5, 5.41) is 0.0158. The predicted molar refractivity (Wildman–Crippen MR) is 157 cm³/mol. The summed E-state index contributed by atoms with van der Waals surface area (Å²) in [5.41, 5.74) is -2.12. The van der Waals surface area contributed by atoms with E-state index in [4.69, 9.17) is 21.1 Å². The van der Waals surface area contributed by atoms with Crippen molar-refractivity contribution in [3.63, 3.8) is 0 Å². The Morgan fingerprint density at radius 3 is 2.17 bits per heavy atom. The molecular formula is C33H30ClF7N2O4. The third-order valence-electron chi connectivity index (χ3n) is 8.69. The molecule has 5 rings (SSSR count). The number of benzene rings is 2. The minimum absolute atomic E-state index is 0.000411. The van der Waals surface area contributed by atoms with Gasteiger partial charge in [0.05, 0.1) is 41.9 Å². The normalized spacial score (nSPS) is 21.9. The Balaban J connectivity index is 1.42. The number of hydrogen-bond acceptors (Lipinski definition) is 5. The minimum atomic E-state index is -5.08. The highest BCUT2D eigenvalue weighted by molar-refractivity contribution is 6.29. The first kappa shape index (κ1) is 34.5. The van der Waals surface area contributed by atoms with Crippen LogP contribution in [0.25, 0.3) is 11.1 Å². The molecule has 0 unspecified atom stereocenters. The molecule has 2 aromatic carbocycles. The number of nitrogens with zero attached hydrogens (tertiary/aromatic N) is 2. The van der Waals surface area contributed by atoms with E-state index in [1.807, 2.05) is 0 Å². The molecule has 0 spiro atoms. The average Bonchev–Trinajstić information content (AvgIpc) is 3.29. The topological polar surface area (TPSA) is 68.7 Å². The van der Waals surface area contributed by atoms with Gasteiger partial charge in [0.1, 0.15) is 17.1 Å². The van der Waals surface area contributed by atoms with Crippen LogP contribution in [-0.2, 0) is 33.2 Å². The van der Waals surface area contributed by atoms with Crippen LogP contribution in [0.2, 0.25) is 5.15 Å². The molecule has 252 valence electrons. The summed E-state index contributed by atoms with van der Waals surface area (Å²) in [4.78, 5) is 30.6. The van der Waals surface area contributed by atoms with Crippen molar-refractivity contribution < 1.29 is 49.8 Å². The molecule has 1 aromatic heterocycles. The Labute approximate surface area is 270 Å². The van der Waals surface area contributed by atoms with Crippen LogP contribution < -0.4 is 0 Å². The van der Waals surface area contributed by atoms with E-state index in [0.29, 0.717) is 44.4 Å². The number of hydrogen-bond donors (Lipinski definition) is 0. The average molecular weight is 687 g/mol. The molecule has 14 heteroatoms. The van der Waals surface area contributed by atoms with Gasteiger partial charge in [-0.25, -0.2) is 14.2 Å². The van der Waals surface area contributed by atoms with E-state index < -0.39 is 53.1 Å². The van der Waals surface area contributed by atoms with Gasteiger partial charge in [-0.1, -0.05) is 17.7 Å². The Kier molecular flexibility index (Phi) is 9.77. The first-order valence-electron chi connectivity index (χ1n) is 14.9. The number of pyridine rings is 1. The first-order chi connectivity index (χ1) is 22.1. The van der Waals surface area contributed by atoms with Crippen molar-refractivity contribution >= 4 is 23.7 Å². The fraction of sp³-hybridized carbons (Fsp3) is 0.424. The lowest BCUT2D eigenvalue weighted by Crippen LogP contribution is -2.32. The SMILES string of the molecule is CCOC(=O)[C@H]1CC[C@H](c2ccc(F)c(-c3ccc(Cl)nc3CN3C(=O)O[C@H](c4cc(C(F)(F)F)cc(C(F)(F)F)c4)[C@@H]3C)c2)CC1. The smallest absolute Gasteiger partial charge is 0.416 e. The van der Waals surface area contributed by atoms with Crippen LogP contribution in [0.3, 0.4) is 0 Å². The highest BCUT2D eigenvalue weighted by Crippen LogP contribution is 2.42. The number of rotatable bonds is 7. The standard InChI is InChI=1S/C33H30ClF7N2O4/c1-3-46-30(44)19-6-4-18(5-7-19)20-8-10-26(35)25(14-20)24-9-11-28(34)42-27(24)16-43-17(2)29(47-31(43)45)21-12-22(32(36,37)38)15-23(13-21)33(39,40)41/h8-15,17-19,29H,3-7,16H2,1-2H3/t17-,18-,19-,29-/m0/s1. The molecule has 2 atom stereocenters. The third-order valence-corrected chi connectivity index (χ3v) is 8.90. The molecule has 1 amide bonds. The maximum atomic E-state index is 15.4. The molecule has 3 aromatic rings. The van der Waals surface area contributed by atoms with Gasteiger partial charge >= 0.3 is 24.4 Å². The molecular weight excluding hydrogens is 657 g/mol. The van der Waals surface area contributed by atoms with E-state index in [-0.39, 0.29) is 52.4 Å². The van der Waals surface area contributed by atoms with Crippen LogP contribution in [0.5, 0.6) is 0 Å². The van der Waals surface area contributed by atoms with Gasteiger partial charge in [-0.05, 0) is 99.0 Å². The molecule has 2 fully saturated rings. The zero-order chi connectivity index (χ0) is 34.3. The summed E-state index contributed by atoms with van der Waals surface area (Å²) < 4.78 is 107. The van der Waals surface area contributed by atoms with Crippen molar-refractivity contribution in [2.24, 2.45) is 5.92 Å². The van der Waals surface area contributed by atoms with Gasteiger partial charge in [-0.2, -0.15) is 26.3 Å².